The quantitative estimate of drug-likeness (QED) is 0.694. The van der Waals surface area contributed by atoms with Crippen LogP contribution in [0.2, 0.25) is 5.02 Å². The van der Waals surface area contributed by atoms with Crippen molar-refractivity contribution in [2.24, 2.45) is 0 Å². The van der Waals surface area contributed by atoms with E-state index in [1.54, 1.807) is 33.8 Å². The molecule has 0 bridgehead atoms. The molecule has 0 aliphatic rings. The van der Waals surface area contributed by atoms with E-state index in [0.717, 1.165) is 23.5 Å². The van der Waals surface area contributed by atoms with Crippen LogP contribution in [-0.2, 0) is 9.53 Å². The topological polar surface area (TPSA) is 75.7 Å². The second-order valence-electron chi connectivity index (χ2n) is 7.45. The maximum absolute atomic E-state index is 13.2. The molecule has 0 aliphatic heterocycles. The van der Waals surface area contributed by atoms with E-state index in [4.69, 9.17) is 16.3 Å². The molecule has 0 saturated heterocycles. The Balaban J connectivity index is 2.10. The predicted octanol–water partition coefficient (Wildman–Crippen LogP) is 4.52. The molecule has 0 spiro atoms. The molecule has 0 saturated carbocycles. The number of nitrogens with one attached hydrogen (secondary N) is 1. The molecule has 0 fully saturated rings. The van der Waals surface area contributed by atoms with Gasteiger partial charge in [-0.2, -0.15) is 0 Å². The molecule has 9 heteroatoms. The van der Waals surface area contributed by atoms with E-state index in [9.17, 15) is 18.8 Å². The Bertz CT molecular complexity index is 952. The first-order valence-corrected chi connectivity index (χ1v) is 9.91. The second-order valence-corrected chi connectivity index (χ2v) is 8.91. The lowest BCUT2D eigenvalue weighted by molar-refractivity contribution is -0.155. The summed E-state index contributed by atoms with van der Waals surface area (Å²) in [5.41, 5.74) is 0.129. The molecule has 2 amide bonds. The van der Waals surface area contributed by atoms with Gasteiger partial charge < -0.3 is 15.0 Å². The summed E-state index contributed by atoms with van der Waals surface area (Å²) in [6.07, 6.45) is 0. The summed E-state index contributed by atoms with van der Waals surface area (Å²) in [4.78, 5) is 38.7. The molecule has 2 rings (SSSR count). The predicted molar refractivity (Wildman–Crippen MR) is 111 cm³/mol. The van der Waals surface area contributed by atoms with E-state index < -0.39 is 23.3 Å². The molecule has 2 aromatic rings. The van der Waals surface area contributed by atoms with Gasteiger partial charge in [0.2, 0.25) is 0 Å². The Hall–Kier alpha value is -2.45. The number of esters is 1. The van der Waals surface area contributed by atoms with E-state index in [-0.39, 0.29) is 23.0 Å². The van der Waals surface area contributed by atoms with Crippen LogP contribution in [0.5, 0.6) is 0 Å². The summed E-state index contributed by atoms with van der Waals surface area (Å²) < 4.78 is 18.4. The van der Waals surface area contributed by atoms with E-state index in [0.29, 0.717) is 15.4 Å². The minimum Gasteiger partial charge on any atom is -0.459 e. The third-order valence-corrected chi connectivity index (χ3v) is 5.11. The fourth-order valence-electron chi connectivity index (χ4n) is 2.42. The maximum Gasteiger partial charge on any atom is 0.326 e. The third-order valence-electron chi connectivity index (χ3n) is 3.66. The summed E-state index contributed by atoms with van der Waals surface area (Å²) >= 11 is 6.99. The smallest absolute Gasteiger partial charge is 0.326 e. The highest BCUT2D eigenvalue weighted by Crippen LogP contribution is 2.29. The van der Waals surface area contributed by atoms with Crippen molar-refractivity contribution >= 4 is 45.7 Å². The number of halogens is 2. The number of hydrogen-bond acceptors (Lipinski definition) is 5. The van der Waals surface area contributed by atoms with E-state index in [1.165, 1.54) is 18.0 Å². The van der Waals surface area contributed by atoms with E-state index in [2.05, 4.69) is 5.32 Å². The summed E-state index contributed by atoms with van der Waals surface area (Å²) in [6, 6.07) is 5.13. The van der Waals surface area contributed by atoms with Crippen molar-refractivity contribution in [2.75, 3.05) is 18.9 Å². The molecule has 0 radical (unpaired) electrons. The number of nitrogens with zero attached hydrogens (tertiary/aromatic N) is 1. The van der Waals surface area contributed by atoms with Crippen LogP contribution < -0.4 is 5.32 Å². The number of benzene rings is 1. The Labute approximate surface area is 177 Å². The summed E-state index contributed by atoms with van der Waals surface area (Å²) in [6.45, 7) is 6.78. The van der Waals surface area contributed by atoms with Crippen LogP contribution in [0.4, 0.5) is 9.39 Å². The molecular formula is C20H22ClFN2O4S. The number of likely N-dealkylation sites (N-methyl/N-ethyl adjacent to an activating group) is 1. The van der Waals surface area contributed by atoms with Crippen LogP contribution in [0.1, 0.15) is 46.4 Å². The van der Waals surface area contributed by atoms with Crippen molar-refractivity contribution in [1.29, 1.82) is 0 Å². The molecule has 156 valence electrons. The number of carbonyl (C=O) groups excluding carboxylic acids is 3. The monoisotopic (exact) mass is 440 g/mol. The van der Waals surface area contributed by atoms with Crippen LogP contribution >= 0.6 is 22.9 Å². The van der Waals surface area contributed by atoms with Gasteiger partial charge in [0.15, 0.2) is 0 Å². The molecule has 1 N–H and O–H groups in total. The number of amides is 2. The van der Waals surface area contributed by atoms with Gasteiger partial charge in [-0.05, 0) is 57.5 Å². The molecule has 1 aromatic carbocycles. The average molecular weight is 441 g/mol. The van der Waals surface area contributed by atoms with Crippen molar-refractivity contribution < 1.29 is 23.5 Å². The van der Waals surface area contributed by atoms with Crippen LogP contribution in [0.3, 0.4) is 0 Å². The maximum atomic E-state index is 13.2. The van der Waals surface area contributed by atoms with Crippen molar-refractivity contribution in [3.8, 4) is 0 Å². The molecule has 29 heavy (non-hydrogen) atoms. The molecule has 6 nitrogen and oxygen atoms in total. The number of carbonyl (C=O) groups is 3. The standard InChI is InChI=1S/C20H22ClFN2O4S/c1-11-8-15(23-18(26)13-7-6-12(22)9-14(13)21)29-17(11)19(27)24(5)10-16(25)28-20(2,3)4/h6-9H,10H2,1-5H3,(H,23,26). The van der Waals surface area contributed by atoms with Crippen LogP contribution in [0, 0.1) is 12.7 Å². The molecular weight excluding hydrogens is 419 g/mol. The number of aryl methyl sites for hydroxylation is 1. The largest absolute Gasteiger partial charge is 0.459 e. The van der Waals surface area contributed by atoms with Gasteiger partial charge in [0, 0.05) is 7.05 Å². The number of rotatable bonds is 5. The summed E-state index contributed by atoms with van der Waals surface area (Å²) in [7, 11) is 1.50. The molecule has 1 aromatic heterocycles. The number of hydrogen-bond donors (Lipinski definition) is 1. The van der Waals surface area contributed by atoms with Gasteiger partial charge in [-0.3, -0.25) is 14.4 Å². The van der Waals surface area contributed by atoms with Gasteiger partial charge in [0.1, 0.15) is 18.0 Å². The molecule has 1 heterocycles. The lowest BCUT2D eigenvalue weighted by atomic mass is 10.2. The second kappa shape index (κ2) is 8.92. The fraction of sp³-hybridized carbons (Fsp3) is 0.350. The number of ether oxygens (including phenoxy) is 1. The normalized spacial score (nSPS) is 11.1. The highest BCUT2D eigenvalue weighted by molar-refractivity contribution is 7.18. The summed E-state index contributed by atoms with van der Waals surface area (Å²) in [5.74, 6) is -1.93. The Morgan fingerprint density at radius 2 is 1.90 bits per heavy atom. The third kappa shape index (κ3) is 6.27. The van der Waals surface area contributed by atoms with Crippen molar-refractivity contribution in [3.05, 3.63) is 51.1 Å². The lowest BCUT2D eigenvalue weighted by Crippen LogP contribution is -2.36. The minimum absolute atomic E-state index is 0.0100. The first-order chi connectivity index (χ1) is 13.4. The van der Waals surface area contributed by atoms with E-state index >= 15 is 0 Å². The zero-order valence-corrected chi connectivity index (χ0v) is 18.3. The van der Waals surface area contributed by atoms with Crippen LogP contribution in [0.25, 0.3) is 0 Å². The first-order valence-electron chi connectivity index (χ1n) is 8.71. The van der Waals surface area contributed by atoms with Gasteiger partial charge in [-0.1, -0.05) is 11.6 Å². The van der Waals surface area contributed by atoms with Crippen LogP contribution in [-0.4, -0.2) is 41.9 Å². The fourth-order valence-corrected chi connectivity index (χ4v) is 3.74. The van der Waals surface area contributed by atoms with Crippen molar-refractivity contribution in [3.63, 3.8) is 0 Å². The number of anilines is 1. The van der Waals surface area contributed by atoms with Crippen molar-refractivity contribution in [1.82, 2.24) is 4.90 Å². The zero-order valence-electron chi connectivity index (χ0n) is 16.8. The molecule has 0 aliphatic carbocycles. The SMILES string of the molecule is Cc1cc(NC(=O)c2ccc(F)cc2Cl)sc1C(=O)N(C)CC(=O)OC(C)(C)C. The Morgan fingerprint density at radius 1 is 1.24 bits per heavy atom. The first kappa shape index (κ1) is 22.8. The Kier molecular flexibility index (Phi) is 7.02. The molecule has 0 atom stereocenters. The number of thiophene rings is 1. The van der Waals surface area contributed by atoms with Gasteiger partial charge in [-0.25, -0.2) is 4.39 Å². The van der Waals surface area contributed by atoms with Gasteiger partial charge >= 0.3 is 5.97 Å². The van der Waals surface area contributed by atoms with Gasteiger partial charge in [0.05, 0.1) is 20.5 Å². The van der Waals surface area contributed by atoms with Gasteiger partial charge in [0.25, 0.3) is 11.8 Å². The minimum atomic E-state index is -0.640. The average Bonchev–Trinajstić information content (AvgIpc) is 2.92. The lowest BCUT2D eigenvalue weighted by Gasteiger charge is -2.22. The highest BCUT2D eigenvalue weighted by Gasteiger charge is 2.23. The summed E-state index contributed by atoms with van der Waals surface area (Å²) in [5, 5.41) is 3.08. The van der Waals surface area contributed by atoms with Crippen LogP contribution in [0.15, 0.2) is 24.3 Å². The molecule has 0 unspecified atom stereocenters. The van der Waals surface area contributed by atoms with Gasteiger partial charge in [-0.15, -0.1) is 11.3 Å². The highest BCUT2D eigenvalue weighted by atomic mass is 35.5. The Morgan fingerprint density at radius 3 is 2.48 bits per heavy atom. The zero-order chi connectivity index (χ0) is 21.9. The van der Waals surface area contributed by atoms with Crippen molar-refractivity contribution in [2.45, 2.75) is 33.3 Å². The van der Waals surface area contributed by atoms with E-state index in [1.807, 2.05) is 0 Å².